The molecular formula is C22H23FN8O6S. The van der Waals surface area contributed by atoms with E-state index >= 15 is 4.39 Å². The van der Waals surface area contributed by atoms with Crippen LogP contribution in [0, 0.1) is 11.2 Å². The fraction of sp³-hybridized carbons (Fsp3) is 0.545. The van der Waals surface area contributed by atoms with Gasteiger partial charge in [-0.1, -0.05) is 10.3 Å². The number of nitrogens with zero attached hydrogens (tertiary/aromatic N) is 6. The van der Waals surface area contributed by atoms with Crippen LogP contribution >= 0.6 is 11.8 Å². The molecule has 16 heteroatoms. The van der Waals surface area contributed by atoms with Crippen molar-refractivity contribution >= 4 is 52.1 Å². The maximum absolute atomic E-state index is 16.2. The molecule has 5 atom stereocenters. The van der Waals surface area contributed by atoms with Crippen LogP contribution in [0.4, 0.5) is 20.7 Å². The van der Waals surface area contributed by atoms with Gasteiger partial charge in [0.15, 0.2) is 22.6 Å². The molecule has 0 saturated carbocycles. The molecule has 14 nitrogen and oxygen atoms in total. The van der Waals surface area contributed by atoms with Crippen molar-refractivity contribution in [3.8, 4) is 0 Å². The van der Waals surface area contributed by atoms with Gasteiger partial charge in [0, 0.05) is 36.2 Å². The molecule has 1 unspecified atom stereocenters. The average Bonchev–Trinajstić information content (AvgIpc) is 3.43. The van der Waals surface area contributed by atoms with E-state index in [1.807, 2.05) is 0 Å². The summed E-state index contributed by atoms with van der Waals surface area (Å²) in [6.45, 7) is 4.11. The summed E-state index contributed by atoms with van der Waals surface area (Å²) in [7, 11) is 0. The number of fused-ring (bicyclic) bond motifs is 5. The first-order valence-corrected chi connectivity index (χ1v) is 12.9. The minimum atomic E-state index is -1.76. The van der Waals surface area contributed by atoms with E-state index in [2.05, 4.69) is 25.8 Å². The lowest BCUT2D eigenvalue weighted by molar-refractivity contribution is -0.153. The van der Waals surface area contributed by atoms with Crippen molar-refractivity contribution in [2.24, 2.45) is 10.5 Å². The van der Waals surface area contributed by atoms with E-state index in [0.717, 1.165) is 0 Å². The van der Waals surface area contributed by atoms with Crippen molar-refractivity contribution < 1.29 is 33.1 Å². The molecule has 0 radical (unpaired) electrons. The molecule has 3 N–H and O–H groups in total. The summed E-state index contributed by atoms with van der Waals surface area (Å²) in [5.74, 6) is -2.10. The number of benzene rings is 1. The molecule has 200 valence electrons. The van der Waals surface area contributed by atoms with Crippen LogP contribution < -0.4 is 20.4 Å². The van der Waals surface area contributed by atoms with E-state index in [1.54, 1.807) is 24.8 Å². The summed E-state index contributed by atoms with van der Waals surface area (Å²) in [6.07, 6.45) is -1.20. The second kappa shape index (κ2) is 8.73. The van der Waals surface area contributed by atoms with Crippen molar-refractivity contribution in [3.05, 3.63) is 27.9 Å². The number of hydrogen-bond acceptors (Lipinski definition) is 11. The molecule has 4 aliphatic heterocycles. The maximum Gasteiger partial charge on any atom is 0.328 e. The number of carbonyl (C=O) groups excluding carboxylic acids is 3. The van der Waals surface area contributed by atoms with Crippen molar-refractivity contribution in [2.45, 2.75) is 49.3 Å². The Labute approximate surface area is 218 Å². The summed E-state index contributed by atoms with van der Waals surface area (Å²) in [6, 6.07) is -0.205. The highest BCUT2D eigenvalue weighted by atomic mass is 32.2. The largest absolute Gasteiger partial charge is 0.372 e. The summed E-state index contributed by atoms with van der Waals surface area (Å²) in [4.78, 5) is 44.5. The van der Waals surface area contributed by atoms with E-state index in [4.69, 9.17) is 14.8 Å². The Hall–Kier alpha value is -3.59. The number of halogens is 1. The first-order chi connectivity index (χ1) is 18.1. The number of hydrogen-bond donors (Lipinski definition) is 3. The van der Waals surface area contributed by atoms with E-state index in [-0.39, 0.29) is 59.9 Å². The molecule has 4 amide bonds. The number of carbonyl (C=O) groups is 3. The Morgan fingerprint density at radius 2 is 2.03 bits per heavy atom. The van der Waals surface area contributed by atoms with Gasteiger partial charge < -0.3 is 24.2 Å². The number of thioether (sulfide) groups is 1. The molecule has 0 aliphatic carbocycles. The zero-order valence-electron chi connectivity index (χ0n) is 20.3. The van der Waals surface area contributed by atoms with Crippen LogP contribution in [0.3, 0.4) is 0 Å². The summed E-state index contributed by atoms with van der Waals surface area (Å²) < 4.78 is 27.6. The molecular weight excluding hydrogens is 523 g/mol. The lowest BCUT2D eigenvalue weighted by Crippen LogP contribution is -2.75. The van der Waals surface area contributed by atoms with E-state index in [0.29, 0.717) is 5.56 Å². The van der Waals surface area contributed by atoms with Gasteiger partial charge in [0.2, 0.25) is 17.4 Å². The van der Waals surface area contributed by atoms with Crippen LogP contribution in [0.5, 0.6) is 0 Å². The molecule has 2 aromatic rings. The first kappa shape index (κ1) is 24.7. The molecule has 1 aromatic carbocycles. The Kier molecular flexibility index (Phi) is 5.68. The number of aliphatic hydroxyl groups is 1. The van der Waals surface area contributed by atoms with Gasteiger partial charge in [0.1, 0.15) is 0 Å². The number of imide groups is 2. The molecule has 1 spiro atoms. The lowest BCUT2D eigenvalue weighted by atomic mass is 9.66. The Balaban J connectivity index is 1.50. The third-order valence-electron chi connectivity index (χ3n) is 7.55. The predicted molar refractivity (Wildman–Crippen MR) is 132 cm³/mol. The standard InChI is InChI=1S/C22H23FN8O6S/c1-8-6-30-14-10(4-22(16(30)9(2)36-8)18(32)26-20(34)27-19(22)33)3-12-15(13(14)23)37-28-17(12)31-7-11(5-25-29-24)38-21(31)35/h3,8-9,11,16,21,35H,4-7H2,1-2H3,(H2,26,27,32,33,34)/t8-,9+,11+,16-,21?/m1/s1. The molecule has 6 rings (SSSR count). The van der Waals surface area contributed by atoms with Gasteiger partial charge >= 0.3 is 6.03 Å². The highest BCUT2D eigenvalue weighted by Gasteiger charge is 2.63. The fourth-order valence-corrected chi connectivity index (χ4v) is 7.24. The minimum absolute atomic E-state index is 0.135. The van der Waals surface area contributed by atoms with Crippen LogP contribution in [0.15, 0.2) is 15.7 Å². The molecule has 4 aliphatic rings. The quantitative estimate of drug-likeness (QED) is 0.220. The van der Waals surface area contributed by atoms with E-state index < -0.39 is 46.8 Å². The number of amides is 4. The molecule has 38 heavy (non-hydrogen) atoms. The van der Waals surface area contributed by atoms with Crippen molar-refractivity contribution in [1.29, 1.82) is 0 Å². The Morgan fingerprint density at radius 3 is 2.74 bits per heavy atom. The predicted octanol–water partition coefficient (Wildman–Crippen LogP) is 1.37. The molecule has 5 heterocycles. The molecule has 0 bridgehead atoms. The lowest BCUT2D eigenvalue weighted by Gasteiger charge is -2.55. The van der Waals surface area contributed by atoms with Crippen LogP contribution in [-0.4, -0.2) is 76.8 Å². The first-order valence-electron chi connectivity index (χ1n) is 12.0. The number of ether oxygens (including phenoxy) is 1. The second-order valence-electron chi connectivity index (χ2n) is 9.87. The molecule has 3 fully saturated rings. The highest BCUT2D eigenvalue weighted by Crippen LogP contribution is 2.50. The zero-order chi connectivity index (χ0) is 26.9. The van der Waals surface area contributed by atoms with Gasteiger partial charge in [-0.2, -0.15) is 0 Å². The number of anilines is 2. The summed E-state index contributed by atoms with van der Waals surface area (Å²) >= 11 is 1.17. The number of rotatable bonds is 3. The number of morpholine rings is 1. The topological polar surface area (TPSA) is 186 Å². The number of barbiturate groups is 1. The minimum Gasteiger partial charge on any atom is -0.372 e. The smallest absolute Gasteiger partial charge is 0.328 e. The van der Waals surface area contributed by atoms with E-state index in [9.17, 15) is 19.5 Å². The number of aromatic nitrogens is 1. The fourth-order valence-electron chi connectivity index (χ4n) is 6.16. The van der Waals surface area contributed by atoms with Crippen LogP contribution in [0.2, 0.25) is 0 Å². The number of aliphatic hydroxyl groups excluding tert-OH is 1. The van der Waals surface area contributed by atoms with Gasteiger partial charge in [0.05, 0.1) is 29.3 Å². The van der Waals surface area contributed by atoms with Crippen LogP contribution in [0.1, 0.15) is 19.4 Å². The maximum atomic E-state index is 16.2. The van der Waals surface area contributed by atoms with Crippen molar-refractivity contribution in [2.75, 3.05) is 29.4 Å². The Bertz CT molecular complexity index is 1410. The third-order valence-corrected chi connectivity index (χ3v) is 8.73. The van der Waals surface area contributed by atoms with Gasteiger partial charge in [0.25, 0.3) is 0 Å². The average molecular weight is 547 g/mol. The number of azide groups is 1. The van der Waals surface area contributed by atoms with Crippen molar-refractivity contribution in [1.82, 2.24) is 15.8 Å². The van der Waals surface area contributed by atoms with Gasteiger partial charge in [-0.05, 0) is 31.0 Å². The normalized spacial score (nSPS) is 30.1. The second-order valence-corrected chi connectivity index (χ2v) is 11.2. The summed E-state index contributed by atoms with van der Waals surface area (Å²) in [5, 5.41) is 22.7. The third kappa shape index (κ3) is 3.44. The van der Waals surface area contributed by atoms with Crippen molar-refractivity contribution in [3.63, 3.8) is 0 Å². The Morgan fingerprint density at radius 1 is 1.29 bits per heavy atom. The van der Waals surface area contributed by atoms with Gasteiger partial charge in [-0.25, -0.2) is 9.18 Å². The molecule has 3 saturated heterocycles. The monoisotopic (exact) mass is 546 g/mol. The summed E-state index contributed by atoms with van der Waals surface area (Å²) in [5.41, 5.74) is 6.20. The van der Waals surface area contributed by atoms with E-state index in [1.165, 1.54) is 16.7 Å². The number of nitrogens with one attached hydrogen (secondary N) is 2. The number of urea groups is 1. The van der Waals surface area contributed by atoms with Gasteiger partial charge in [-0.3, -0.25) is 20.2 Å². The van der Waals surface area contributed by atoms with Crippen LogP contribution in [0.25, 0.3) is 21.4 Å². The zero-order valence-corrected chi connectivity index (χ0v) is 21.1. The SMILES string of the molecule is C[C@@H]1CN2c3c(cc4c(N5C[C@H](CN=[N+]=[N-])SC5O)noc4c3F)CC3(C(=O)NC(=O)NC3=O)[C@H]2[C@H](C)O1. The molecule has 1 aromatic heterocycles. The van der Waals surface area contributed by atoms with Crippen LogP contribution in [-0.2, 0) is 20.7 Å². The highest BCUT2D eigenvalue weighted by molar-refractivity contribution is 8.00. The van der Waals surface area contributed by atoms with Gasteiger partial charge in [-0.15, -0.1) is 11.8 Å².